The molecular formula is C32H49NO2. The second-order valence-corrected chi connectivity index (χ2v) is 15.0. The molecule has 0 saturated heterocycles. The van der Waals surface area contributed by atoms with Crippen LogP contribution in [-0.4, -0.2) is 12.1 Å². The molecule has 0 aromatic carbocycles. The molecule has 3 heteroatoms. The average Bonchev–Trinajstić information content (AvgIpc) is 2.75. The summed E-state index contributed by atoms with van der Waals surface area (Å²) < 4.78 is 0. The van der Waals surface area contributed by atoms with Gasteiger partial charge in [0.1, 0.15) is 12.4 Å². The summed E-state index contributed by atoms with van der Waals surface area (Å²) in [6.07, 6.45) is 12.6. The van der Waals surface area contributed by atoms with Gasteiger partial charge >= 0.3 is 0 Å². The van der Waals surface area contributed by atoms with Gasteiger partial charge in [0.15, 0.2) is 5.78 Å². The Hall–Kier alpha value is -1.69. The zero-order chi connectivity index (χ0) is 26.7. The molecule has 6 atom stereocenters. The van der Waals surface area contributed by atoms with E-state index in [1.54, 1.807) is 6.08 Å². The Kier molecular flexibility index (Phi) is 6.94. The summed E-state index contributed by atoms with van der Waals surface area (Å²) in [6, 6.07) is 2.19. The highest BCUT2D eigenvalue weighted by Crippen LogP contribution is 2.70. The molecule has 5 unspecified atom stereocenters. The van der Waals surface area contributed by atoms with Crippen molar-refractivity contribution < 1.29 is 9.59 Å². The number of hydrogen-bond acceptors (Lipinski definition) is 3. The van der Waals surface area contributed by atoms with E-state index >= 15 is 0 Å². The van der Waals surface area contributed by atoms with Gasteiger partial charge in [0.2, 0.25) is 0 Å². The molecule has 0 spiro atoms. The molecule has 35 heavy (non-hydrogen) atoms. The number of carbonyl (C=O) groups is 2. The number of rotatable bonds is 4. The summed E-state index contributed by atoms with van der Waals surface area (Å²) in [5.41, 5.74) is 0.867. The third kappa shape index (κ3) is 4.38. The fraction of sp³-hybridized carbons (Fsp3) is 0.781. The van der Waals surface area contributed by atoms with Crippen LogP contribution in [0.5, 0.6) is 0 Å². The summed E-state index contributed by atoms with van der Waals surface area (Å²) in [4.78, 5) is 25.2. The molecular weight excluding hydrogens is 430 g/mol. The van der Waals surface area contributed by atoms with Gasteiger partial charge in [0.25, 0.3) is 0 Å². The van der Waals surface area contributed by atoms with Crippen molar-refractivity contribution in [2.45, 2.75) is 114 Å². The number of carbonyl (C=O) groups excluding carboxylic acids is 2. The van der Waals surface area contributed by atoms with Crippen molar-refractivity contribution in [2.75, 3.05) is 0 Å². The lowest BCUT2D eigenvalue weighted by molar-refractivity contribution is -0.133. The van der Waals surface area contributed by atoms with Gasteiger partial charge in [0.05, 0.1) is 5.57 Å². The van der Waals surface area contributed by atoms with Crippen LogP contribution in [0, 0.1) is 55.7 Å². The van der Waals surface area contributed by atoms with E-state index in [1.807, 2.05) is 19.9 Å². The van der Waals surface area contributed by atoms with Crippen LogP contribution in [0.2, 0.25) is 0 Å². The second-order valence-electron chi connectivity index (χ2n) is 15.0. The Labute approximate surface area is 214 Å². The fourth-order valence-electron chi connectivity index (χ4n) is 8.51. The molecule has 3 aliphatic carbocycles. The molecule has 0 aromatic heterocycles. The molecule has 0 N–H and O–H groups in total. The van der Waals surface area contributed by atoms with Gasteiger partial charge in [-0.25, -0.2) is 0 Å². The van der Waals surface area contributed by atoms with Crippen LogP contribution in [-0.2, 0) is 9.59 Å². The highest BCUT2D eigenvalue weighted by Gasteiger charge is 2.63. The van der Waals surface area contributed by atoms with Crippen molar-refractivity contribution in [1.29, 1.82) is 5.26 Å². The molecule has 0 aromatic rings. The number of hydrogen-bond donors (Lipinski definition) is 0. The molecule has 0 aliphatic heterocycles. The highest BCUT2D eigenvalue weighted by molar-refractivity contribution is 6.04. The Bertz CT molecular complexity index is 988. The zero-order valence-electron chi connectivity index (χ0n) is 24.1. The minimum absolute atomic E-state index is 0.0450. The molecule has 2 fully saturated rings. The van der Waals surface area contributed by atoms with E-state index in [-0.39, 0.29) is 28.1 Å². The average molecular weight is 480 g/mol. The van der Waals surface area contributed by atoms with Crippen LogP contribution >= 0.6 is 0 Å². The lowest BCUT2D eigenvalue weighted by Crippen LogP contribution is -2.58. The number of nitriles is 1. The number of fused-ring (bicyclic) bond motifs is 1. The third-order valence-corrected chi connectivity index (χ3v) is 11.2. The summed E-state index contributed by atoms with van der Waals surface area (Å²) in [5, 5.41) is 9.82. The van der Waals surface area contributed by atoms with Gasteiger partial charge in [-0.1, -0.05) is 80.9 Å². The first-order valence-electron chi connectivity index (χ1n) is 13.7. The van der Waals surface area contributed by atoms with E-state index in [4.69, 9.17) is 0 Å². The van der Waals surface area contributed by atoms with Crippen LogP contribution < -0.4 is 0 Å². The van der Waals surface area contributed by atoms with Crippen molar-refractivity contribution >= 4 is 12.1 Å². The highest BCUT2D eigenvalue weighted by atomic mass is 16.1. The number of aldehydes is 1. The summed E-state index contributed by atoms with van der Waals surface area (Å²) in [7, 11) is 0. The van der Waals surface area contributed by atoms with E-state index in [0.717, 1.165) is 31.1 Å². The molecule has 0 amide bonds. The van der Waals surface area contributed by atoms with E-state index in [2.05, 4.69) is 61.5 Å². The van der Waals surface area contributed by atoms with Crippen LogP contribution in [0.3, 0.4) is 0 Å². The molecule has 2 saturated carbocycles. The van der Waals surface area contributed by atoms with Crippen LogP contribution in [0.15, 0.2) is 23.3 Å². The summed E-state index contributed by atoms with van der Waals surface area (Å²) >= 11 is 0. The number of ketones is 1. The van der Waals surface area contributed by atoms with Gasteiger partial charge in [-0.2, -0.15) is 5.26 Å². The van der Waals surface area contributed by atoms with Gasteiger partial charge in [-0.3, -0.25) is 9.59 Å². The molecule has 3 aliphatic rings. The topological polar surface area (TPSA) is 57.9 Å². The largest absolute Gasteiger partial charge is 0.299 e. The van der Waals surface area contributed by atoms with Crippen molar-refractivity contribution in [1.82, 2.24) is 0 Å². The number of Topliss-reactive ketones (excluding diaryl/α,β-unsaturated/α-hetero) is 1. The first-order chi connectivity index (χ1) is 15.9. The molecule has 0 radical (unpaired) electrons. The summed E-state index contributed by atoms with van der Waals surface area (Å²) in [5.74, 6) is 0.542. The first-order valence-corrected chi connectivity index (χ1v) is 13.7. The predicted octanol–water partition coefficient (Wildman–Crippen LogP) is 8.25. The smallest absolute Gasteiger partial charge is 0.178 e. The molecule has 0 bridgehead atoms. The quantitative estimate of drug-likeness (QED) is 0.301. The van der Waals surface area contributed by atoms with E-state index in [9.17, 15) is 14.9 Å². The lowest BCUT2D eigenvalue weighted by atomic mass is 9.39. The Morgan fingerprint density at radius 1 is 1.09 bits per heavy atom. The van der Waals surface area contributed by atoms with E-state index in [1.165, 1.54) is 25.7 Å². The maximum atomic E-state index is 13.1. The van der Waals surface area contributed by atoms with Crippen molar-refractivity contribution in [3.63, 3.8) is 0 Å². The van der Waals surface area contributed by atoms with Gasteiger partial charge < -0.3 is 0 Å². The minimum Gasteiger partial charge on any atom is -0.299 e. The Balaban J connectivity index is 2.05. The Morgan fingerprint density at radius 3 is 2.23 bits per heavy atom. The van der Waals surface area contributed by atoms with Crippen molar-refractivity contribution in [2.24, 2.45) is 44.3 Å². The van der Waals surface area contributed by atoms with E-state index < -0.39 is 10.8 Å². The maximum absolute atomic E-state index is 13.1. The Morgan fingerprint density at radius 2 is 1.71 bits per heavy atom. The van der Waals surface area contributed by atoms with Crippen molar-refractivity contribution in [3.05, 3.63) is 23.3 Å². The SMILES string of the molecule is CC1CC(C)(CCC(C)(C)C)CC[C@@]1(C)C1(C)CCC2C(C)(C)C(=O)C(C#N)=CC2(C)/C1=C/C=O. The fourth-order valence-corrected chi connectivity index (χ4v) is 8.51. The van der Waals surface area contributed by atoms with Gasteiger partial charge in [-0.05, 0) is 84.5 Å². The van der Waals surface area contributed by atoms with Crippen molar-refractivity contribution in [3.8, 4) is 6.07 Å². The monoisotopic (exact) mass is 479 g/mol. The molecule has 3 rings (SSSR count). The summed E-state index contributed by atoms with van der Waals surface area (Å²) in [6.45, 7) is 22.9. The minimum atomic E-state index is -0.623. The van der Waals surface area contributed by atoms with Crippen LogP contribution in [0.25, 0.3) is 0 Å². The molecule has 194 valence electrons. The van der Waals surface area contributed by atoms with Crippen LogP contribution in [0.4, 0.5) is 0 Å². The predicted molar refractivity (Wildman–Crippen MR) is 143 cm³/mol. The van der Waals surface area contributed by atoms with E-state index in [0.29, 0.717) is 16.7 Å². The second kappa shape index (κ2) is 8.71. The third-order valence-electron chi connectivity index (χ3n) is 11.2. The zero-order valence-corrected chi connectivity index (χ0v) is 24.1. The van der Waals surface area contributed by atoms with Gasteiger partial charge in [0, 0.05) is 10.8 Å². The van der Waals surface area contributed by atoms with Crippen LogP contribution in [0.1, 0.15) is 114 Å². The number of allylic oxidation sites excluding steroid dienone is 4. The molecule has 3 nitrogen and oxygen atoms in total. The van der Waals surface area contributed by atoms with Gasteiger partial charge in [-0.15, -0.1) is 0 Å². The first kappa shape index (κ1) is 27.9. The standard InChI is InChI=1S/C32H49NO2/c1-22-19-29(7,15-14-27(2,3)4)16-17-31(22,9)32(10)13-11-24-28(5,6)26(35)23(21-33)20-30(24,8)25(32)12-18-34/h12,18,20,22,24H,11,13-17,19H2,1-10H3/b25-12-/t22?,24?,29?,30?,31-,32?/m1/s1. The number of nitrogens with zero attached hydrogens (tertiary/aromatic N) is 1. The maximum Gasteiger partial charge on any atom is 0.178 e. The molecule has 0 heterocycles. The lowest BCUT2D eigenvalue weighted by Gasteiger charge is -2.64. The normalized spacial score (nSPS) is 42.7.